The number of pyridine rings is 1. The van der Waals surface area contributed by atoms with Gasteiger partial charge in [0, 0.05) is 35.8 Å². The minimum absolute atomic E-state index is 0.150. The zero-order valence-electron chi connectivity index (χ0n) is 17.2. The number of piperidine rings is 1. The number of nitrogens with zero attached hydrogens (tertiary/aromatic N) is 3. The molecule has 29 heavy (non-hydrogen) atoms. The van der Waals surface area contributed by atoms with Crippen LogP contribution in [-0.4, -0.2) is 29.0 Å². The van der Waals surface area contributed by atoms with Crippen molar-refractivity contribution in [3.8, 4) is 11.3 Å². The largest absolute Gasteiger partial charge is 0.357 e. The van der Waals surface area contributed by atoms with E-state index in [-0.39, 0.29) is 5.91 Å². The topological polar surface area (TPSA) is 58.1 Å². The molecule has 1 fully saturated rings. The van der Waals surface area contributed by atoms with E-state index in [1.807, 2.05) is 11.4 Å². The molecule has 3 aromatic rings. The third-order valence-electron chi connectivity index (χ3n) is 5.75. The van der Waals surface area contributed by atoms with Crippen LogP contribution < -0.4 is 10.2 Å². The van der Waals surface area contributed by atoms with E-state index in [0.29, 0.717) is 10.7 Å². The number of hydrogen-bond donors (Lipinski definition) is 1. The Hall–Kier alpha value is -2.73. The zero-order valence-corrected chi connectivity index (χ0v) is 18.0. The van der Waals surface area contributed by atoms with Crippen LogP contribution >= 0.6 is 11.3 Å². The van der Waals surface area contributed by atoms with Crippen molar-refractivity contribution in [2.75, 3.05) is 23.3 Å². The van der Waals surface area contributed by atoms with Gasteiger partial charge in [0.05, 0.1) is 5.69 Å². The second-order valence-electron chi connectivity index (χ2n) is 7.62. The molecule has 0 unspecified atom stereocenters. The van der Waals surface area contributed by atoms with Crippen LogP contribution in [0.5, 0.6) is 0 Å². The van der Waals surface area contributed by atoms with Crippen LogP contribution in [0, 0.1) is 20.8 Å². The lowest BCUT2D eigenvalue weighted by molar-refractivity contribution is 0.102. The van der Waals surface area contributed by atoms with Gasteiger partial charge in [0.1, 0.15) is 5.82 Å². The Morgan fingerprint density at radius 2 is 1.86 bits per heavy atom. The molecule has 1 amide bonds. The van der Waals surface area contributed by atoms with Crippen molar-refractivity contribution >= 4 is 28.2 Å². The maximum Gasteiger partial charge on any atom is 0.257 e. The van der Waals surface area contributed by atoms with Crippen LogP contribution in [0.3, 0.4) is 0 Å². The van der Waals surface area contributed by atoms with E-state index < -0.39 is 0 Å². The zero-order chi connectivity index (χ0) is 20.4. The number of carbonyl (C=O) groups is 1. The Morgan fingerprint density at radius 1 is 1.07 bits per heavy atom. The van der Waals surface area contributed by atoms with Gasteiger partial charge in [0.15, 0.2) is 5.13 Å². The number of aromatic nitrogens is 2. The molecule has 0 aliphatic carbocycles. The van der Waals surface area contributed by atoms with E-state index >= 15 is 0 Å². The van der Waals surface area contributed by atoms with Crippen molar-refractivity contribution in [1.82, 2.24) is 9.97 Å². The van der Waals surface area contributed by atoms with Crippen molar-refractivity contribution < 1.29 is 4.79 Å². The van der Waals surface area contributed by atoms with Crippen molar-refractivity contribution in [2.45, 2.75) is 40.0 Å². The Balaban J connectivity index is 1.51. The first-order valence-electron chi connectivity index (χ1n) is 10.1. The summed E-state index contributed by atoms with van der Waals surface area (Å²) in [6, 6.07) is 7.86. The first-order valence-corrected chi connectivity index (χ1v) is 11.0. The third kappa shape index (κ3) is 4.17. The Bertz CT molecular complexity index is 1040. The number of carbonyl (C=O) groups excluding carboxylic acids is 1. The molecule has 4 rings (SSSR count). The lowest BCUT2D eigenvalue weighted by Gasteiger charge is -2.27. The summed E-state index contributed by atoms with van der Waals surface area (Å²) in [6.07, 6.45) is 5.34. The molecule has 1 aliphatic rings. The summed E-state index contributed by atoms with van der Waals surface area (Å²) in [4.78, 5) is 24.1. The minimum atomic E-state index is -0.150. The Kier molecular flexibility index (Phi) is 5.62. The van der Waals surface area contributed by atoms with E-state index in [1.54, 1.807) is 12.3 Å². The molecule has 0 spiro atoms. The molecule has 2 aromatic heterocycles. The summed E-state index contributed by atoms with van der Waals surface area (Å²) in [5.74, 6) is 0.728. The molecule has 1 aliphatic heterocycles. The van der Waals surface area contributed by atoms with Gasteiger partial charge in [-0.2, -0.15) is 0 Å². The Morgan fingerprint density at radius 3 is 2.66 bits per heavy atom. The second kappa shape index (κ2) is 8.33. The summed E-state index contributed by atoms with van der Waals surface area (Å²) < 4.78 is 0. The second-order valence-corrected chi connectivity index (χ2v) is 8.48. The van der Waals surface area contributed by atoms with Gasteiger partial charge in [-0.05, 0) is 68.9 Å². The molecule has 1 aromatic carbocycles. The van der Waals surface area contributed by atoms with Crippen molar-refractivity contribution in [2.24, 2.45) is 0 Å². The third-order valence-corrected chi connectivity index (χ3v) is 6.50. The summed E-state index contributed by atoms with van der Waals surface area (Å²) in [5, 5.41) is 5.55. The summed E-state index contributed by atoms with van der Waals surface area (Å²) in [7, 11) is 0. The highest BCUT2D eigenvalue weighted by Crippen LogP contribution is 2.30. The number of nitrogens with one attached hydrogen (secondary N) is 1. The van der Waals surface area contributed by atoms with Crippen LogP contribution in [0.4, 0.5) is 10.9 Å². The fraction of sp³-hybridized carbons (Fsp3) is 0.348. The van der Waals surface area contributed by atoms with Crippen LogP contribution in [0.2, 0.25) is 0 Å². The first kappa shape index (κ1) is 19.6. The van der Waals surface area contributed by atoms with Gasteiger partial charge in [-0.3, -0.25) is 10.1 Å². The summed E-state index contributed by atoms with van der Waals surface area (Å²) in [5.41, 5.74) is 6.41. The quantitative estimate of drug-likeness (QED) is 0.632. The number of hydrogen-bond acceptors (Lipinski definition) is 5. The fourth-order valence-electron chi connectivity index (χ4n) is 3.71. The number of rotatable bonds is 4. The molecule has 6 heteroatoms. The van der Waals surface area contributed by atoms with Gasteiger partial charge in [-0.25, -0.2) is 9.97 Å². The molecule has 0 radical (unpaired) electrons. The normalized spacial score (nSPS) is 14.1. The van der Waals surface area contributed by atoms with Crippen molar-refractivity contribution in [3.63, 3.8) is 0 Å². The SMILES string of the molecule is Cc1ccc(-c2csc(NC(=O)c3ccnc(N4CCCCC4)c3)n2)c(C)c1C. The van der Waals surface area contributed by atoms with Crippen LogP contribution in [-0.2, 0) is 0 Å². The van der Waals surface area contributed by atoms with E-state index in [1.165, 1.54) is 47.3 Å². The molecular formula is C23H26N4OS. The molecule has 0 atom stereocenters. The average Bonchev–Trinajstić information content (AvgIpc) is 3.21. The minimum Gasteiger partial charge on any atom is -0.357 e. The highest BCUT2D eigenvalue weighted by molar-refractivity contribution is 7.14. The van der Waals surface area contributed by atoms with E-state index in [0.717, 1.165) is 30.2 Å². The van der Waals surface area contributed by atoms with Gasteiger partial charge >= 0.3 is 0 Å². The maximum atomic E-state index is 12.8. The first-order chi connectivity index (χ1) is 14.0. The smallest absolute Gasteiger partial charge is 0.257 e. The van der Waals surface area contributed by atoms with E-state index in [9.17, 15) is 4.79 Å². The molecular weight excluding hydrogens is 380 g/mol. The molecule has 150 valence electrons. The van der Waals surface area contributed by atoms with Crippen molar-refractivity contribution in [3.05, 3.63) is 58.1 Å². The van der Waals surface area contributed by atoms with Crippen LogP contribution in [0.1, 0.15) is 46.3 Å². The number of benzene rings is 1. The number of anilines is 2. The molecule has 3 heterocycles. The van der Waals surface area contributed by atoms with Gasteiger partial charge in [0.25, 0.3) is 5.91 Å². The highest BCUT2D eigenvalue weighted by Gasteiger charge is 2.16. The van der Waals surface area contributed by atoms with Gasteiger partial charge in [-0.1, -0.05) is 12.1 Å². The fourth-order valence-corrected chi connectivity index (χ4v) is 4.42. The molecule has 5 nitrogen and oxygen atoms in total. The number of aryl methyl sites for hydroxylation is 1. The molecule has 1 saturated heterocycles. The lowest BCUT2D eigenvalue weighted by atomic mass is 9.97. The Labute approximate surface area is 175 Å². The standard InChI is InChI=1S/C23H26N4OS/c1-15-7-8-19(17(3)16(15)2)20-14-29-23(25-20)26-22(28)18-9-10-24-21(13-18)27-11-5-4-6-12-27/h7-10,13-14H,4-6,11-12H2,1-3H3,(H,25,26,28). The predicted octanol–water partition coefficient (Wildman–Crippen LogP) is 5.37. The van der Waals surface area contributed by atoms with Crippen molar-refractivity contribution in [1.29, 1.82) is 0 Å². The highest BCUT2D eigenvalue weighted by atomic mass is 32.1. The van der Waals surface area contributed by atoms with Crippen LogP contribution in [0.15, 0.2) is 35.8 Å². The monoisotopic (exact) mass is 406 g/mol. The maximum absolute atomic E-state index is 12.8. The van der Waals surface area contributed by atoms with Crippen LogP contribution in [0.25, 0.3) is 11.3 Å². The van der Waals surface area contributed by atoms with E-state index in [2.05, 4.69) is 53.1 Å². The summed E-state index contributed by atoms with van der Waals surface area (Å²) in [6.45, 7) is 8.37. The van der Waals surface area contributed by atoms with Gasteiger partial charge in [-0.15, -0.1) is 11.3 Å². The number of amides is 1. The number of thiazole rings is 1. The summed E-state index contributed by atoms with van der Waals surface area (Å²) >= 11 is 1.45. The van der Waals surface area contributed by atoms with E-state index in [4.69, 9.17) is 0 Å². The molecule has 1 N–H and O–H groups in total. The van der Waals surface area contributed by atoms with Gasteiger partial charge in [0.2, 0.25) is 0 Å². The molecule has 0 bridgehead atoms. The van der Waals surface area contributed by atoms with Gasteiger partial charge < -0.3 is 4.90 Å². The predicted molar refractivity (Wildman–Crippen MR) is 120 cm³/mol. The average molecular weight is 407 g/mol. The lowest BCUT2D eigenvalue weighted by Crippen LogP contribution is -2.30. The molecule has 0 saturated carbocycles.